The molecule has 0 saturated heterocycles. The lowest BCUT2D eigenvalue weighted by Gasteiger charge is -2.07. The van der Waals surface area contributed by atoms with E-state index in [1.165, 1.54) is 11.1 Å². The Bertz CT molecular complexity index is 729. The van der Waals surface area contributed by atoms with Crippen LogP contribution in [0.25, 0.3) is 22.4 Å². The van der Waals surface area contributed by atoms with Crippen molar-refractivity contribution in [3.8, 4) is 22.4 Å². The average Bonchev–Trinajstić information content (AvgIpc) is 3.11. The van der Waals surface area contributed by atoms with Gasteiger partial charge in [0.1, 0.15) is 5.82 Å². The lowest BCUT2D eigenvalue weighted by Crippen LogP contribution is -2.11. The van der Waals surface area contributed by atoms with Crippen molar-refractivity contribution in [3.63, 3.8) is 0 Å². The minimum atomic E-state index is -0.00714. The summed E-state index contributed by atoms with van der Waals surface area (Å²) >= 11 is 0. The Morgan fingerprint density at radius 3 is 2.30 bits per heavy atom. The van der Waals surface area contributed by atoms with Crippen molar-refractivity contribution in [1.29, 1.82) is 0 Å². The second-order valence-corrected chi connectivity index (χ2v) is 5.86. The molecule has 2 aromatic carbocycles. The summed E-state index contributed by atoms with van der Waals surface area (Å²) in [5, 5.41) is 0. The molecule has 0 fully saturated rings. The standard InChI is InChI=1S/C20H23N3/c1-2-3-9-18(21)20-22-14-19(23-20)17-12-10-16(11-13-17)15-7-5-4-6-8-15/h4-8,10-14,18H,2-3,9,21H2,1H3,(H,22,23)/t18-/m1/s1. The Hall–Kier alpha value is -2.39. The summed E-state index contributed by atoms with van der Waals surface area (Å²) in [5.41, 5.74) is 10.7. The van der Waals surface area contributed by atoms with E-state index in [1.807, 2.05) is 12.3 Å². The van der Waals surface area contributed by atoms with Gasteiger partial charge >= 0.3 is 0 Å². The summed E-state index contributed by atoms with van der Waals surface area (Å²) in [6, 6.07) is 18.9. The van der Waals surface area contributed by atoms with Crippen LogP contribution in [0.4, 0.5) is 0 Å². The Labute approximate surface area is 137 Å². The van der Waals surface area contributed by atoms with Gasteiger partial charge in [0.2, 0.25) is 0 Å². The van der Waals surface area contributed by atoms with E-state index in [0.29, 0.717) is 0 Å². The largest absolute Gasteiger partial charge is 0.347 e. The van der Waals surface area contributed by atoms with E-state index in [9.17, 15) is 0 Å². The molecule has 3 N–H and O–H groups in total. The fourth-order valence-electron chi connectivity index (χ4n) is 2.70. The topological polar surface area (TPSA) is 54.7 Å². The van der Waals surface area contributed by atoms with Crippen LogP contribution in [0.2, 0.25) is 0 Å². The Morgan fingerprint density at radius 1 is 0.957 bits per heavy atom. The Kier molecular flexibility index (Phi) is 4.89. The first kappa shape index (κ1) is 15.5. The molecule has 1 atom stereocenters. The van der Waals surface area contributed by atoms with Crippen molar-refractivity contribution in [1.82, 2.24) is 9.97 Å². The molecule has 1 heterocycles. The number of hydrogen-bond acceptors (Lipinski definition) is 2. The van der Waals surface area contributed by atoms with E-state index in [2.05, 4.69) is 65.4 Å². The molecule has 3 rings (SSSR count). The lowest BCUT2D eigenvalue weighted by molar-refractivity contribution is 0.580. The third-order valence-corrected chi connectivity index (χ3v) is 4.11. The second-order valence-electron chi connectivity index (χ2n) is 5.86. The first-order valence-electron chi connectivity index (χ1n) is 8.24. The molecule has 0 spiro atoms. The summed E-state index contributed by atoms with van der Waals surface area (Å²) in [7, 11) is 0. The Morgan fingerprint density at radius 2 is 1.61 bits per heavy atom. The maximum absolute atomic E-state index is 6.18. The van der Waals surface area contributed by atoms with Crippen LogP contribution in [-0.4, -0.2) is 9.97 Å². The Balaban J connectivity index is 1.76. The molecule has 0 aliphatic heterocycles. The van der Waals surface area contributed by atoms with Crippen LogP contribution >= 0.6 is 0 Å². The SMILES string of the molecule is CCCC[C@@H](N)c1nc(-c2ccc(-c3ccccc3)cc2)c[nH]1. The van der Waals surface area contributed by atoms with Gasteiger partial charge in [0, 0.05) is 11.8 Å². The highest BCUT2D eigenvalue weighted by Crippen LogP contribution is 2.25. The first-order valence-corrected chi connectivity index (χ1v) is 8.24. The third-order valence-electron chi connectivity index (χ3n) is 4.11. The van der Waals surface area contributed by atoms with Gasteiger partial charge < -0.3 is 10.7 Å². The van der Waals surface area contributed by atoms with Gasteiger partial charge in [-0.1, -0.05) is 74.4 Å². The quantitative estimate of drug-likeness (QED) is 0.678. The molecule has 0 aliphatic rings. The van der Waals surface area contributed by atoms with Crippen LogP contribution < -0.4 is 5.73 Å². The molecule has 3 aromatic rings. The average molecular weight is 305 g/mol. The van der Waals surface area contributed by atoms with E-state index in [1.54, 1.807) is 0 Å². The predicted octanol–water partition coefficient (Wildman–Crippen LogP) is 4.93. The number of benzene rings is 2. The molecule has 1 aromatic heterocycles. The zero-order chi connectivity index (χ0) is 16.1. The van der Waals surface area contributed by atoms with Crippen molar-refractivity contribution < 1.29 is 0 Å². The summed E-state index contributed by atoms with van der Waals surface area (Å²) in [6.45, 7) is 2.18. The van der Waals surface area contributed by atoms with Crippen LogP contribution in [0.1, 0.15) is 38.1 Å². The summed E-state index contributed by atoms with van der Waals surface area (Å²) < 4.78 is 0. The fourth-order valence-corrected chi connectivity index (χ4v) is 2.70. The van der Waals surface area contributed by atoms with E-state index in [-0.39, 0.29) is 6.04 Å². The van der Waals surface area contributed by atoms with E-state index in [0.717, 1.165) is 36.3 Å². The molecular formula is C20H23N3. The molecule has 3 nitrogen and oxygen atoms in total. The summed E-state index contributed by atoms with van der Waals surface area (Å²) in [5.74, 6) is 0.876. The number of unbranched alkanes of at least 4 members (excludes halogenated alkanes) is 1. The highest BCUT2D eigenvalue weighted by atomic mass is 15.0. The second kappa shape index (κ2) is 7.25. The molecular weight excluding hydrogens is 282 g/mol. The molecule has 0 aliphatic carbocycles. The molecule has 0 bridgehead atoms. The molecule has 118 valence electrons. The molecule has 23 heavy (non-hydrogen) atoms. The van der Waals surface area contributed by atoms with Gasteiger partial charge in [0.05, 0.1) is 11.7 Å². The number of nitrogens with one attached hydrogen (secondary N) is 1. The number of H-pyrrole nitrogens is 1. The first-order chi connectivity index (χ1) is 11.3. The normalized spacial score (nSPS) is 12.3. The van der Waals surface area contributed by atoms with Crippen molar-refractivity contribution in [3.05, 3.63) is 66.6 Å². The number of hydrogen-bond donors (Lipinski definition) is 2. The summed E-state index contributed by atoms with van der Waals surface area (Å²) in [6.07, 6.45) is 5.19. The number of nitrogens with zero attached hydrogens (tertiary/aromatic N) is 1. The van der Waals surface area contributed by atoms with Crippen molar-refractivity contribution in [2.75, 3.05) is 0 Å². The molecule has 0 saturated carbocycles. The predicted molar refractivity (Wildman–Crippen MR) is 95.9 cm³/mol. The van der Waals surface area contributed by atoms with Gasteiger partial charge in [-0.05, 0) is 17.5 Å². The fraction of sp³-hybridized carbons (Fsp3) is 0.250. The lowest BCUT2D eigenvalue weighted by atomic mass is 10.0. The van der Waals surface area contributed by atoms with E-state index >= 15 is 0 Å². The minimum absolute atomic E-state index is 0.00714. The molecule has 3 heteroatoms. The molecule has 0 radical (unpaired) electrons. The summed E-state index contributed by atoms with van der Waals surface area (Å²) in [4.78, 5) is 7.88. The van der Waals surface area contributed by atoms with Crippen LogP contribution in [-0.2, 0) is 0 Å². The number of nitrogens with two attached hydrogens (primary N) is 1. The van der Waals surface area contributed by atoms with Crippen molar-refractivity contribution in [2.24, 2.45) is 5.73 Å². The number of imidazole rings is 1. The third kappa shape index (κ3) is 3.69. The highest BCUT2D eigenvalue weighted by Gasteiger charge is 2.11. The van der Waals surface area contributed by atoms with Crippen LogP contribution in [0.15, 0.2) is 60.8 Å². The van der Waals surface area contributed by atoms with Gasteiger partial charge in [-0.2, -0.15) is 0 Å². The number of aromatic nitrogens is 2. The zero-order valence-corrected chi connectivity index (χ0v) is 13.5. The maximum atomic E-state index is 6.18. The number of rotatable bonds is 6. The van der Waals surface area contributed by atoms with Gasteiger partial charge in [0.15, 0.2) is 0 Å². The molecule has 0 amide bonds. The smallest absolute Gasteiger partial charge is 0.123 e. The van der Waals surface area contributed by atoms with Gasteiger partial charge in [-0.15, -0.1) is 0 Å². The van der Waals surface area contributed by atoms with Gasteiger partial charge in [0.25, 0.3) is 0 Å². The molecule has 0 unspecified atom stereocenters. The monoisotopic (exact) mass is 305 g/mol. The van der Waals surface area contributed by atoms with Gasteiger partial charge in [-0.3, -0.25) is 0 Å². The van der Waals surface area contributed by atoms with Crippen molar-refractivity contribution >= 4 is 0 Å². The minimum Gasteiger partial charge on any atom is -0.347 e. The maximum Gasteiger partial charge on any atom is 0.123 e. The highest BCUT2D eigenvalue weighted by molar-refractivity contribution is 5.68. The van der Waals surface area contributed by atoms with Crippen LogP contribution in [0.3, 0.4) is 0 Å². The van der Waals surface area contributed by atoms with Crippen molar-refractivity contribution in [2.45, 2.75) is 32.2 Å². The number of aromatic amines is 1. The van der Waals surface area contributed by atoms with Gasteiger partial charge in [-0.25, -0.2) is 4.98 Å². The zero-order valence-electron chi connectivity index (χ0n) is 13.5. The van der Waals surface area contributed by atoms with Crippen LogP contribution in [0.5, 0.6) is 0 Å². The van der Waals surface area contributed by atoms with E-state index in [4.69, 9.17) is 5.73 Å². The van der Waals surface area contributed by atoms with E-state index < -0.39 is 0 Å². The van der Waals surface area contributed by atoms with Crippen LogP contribution in [0, 0.1) is 0 Å².